The minimum atomic E-state index is -4.99. The van der Waals surface area contributed by atoms with Gasteiger partial charge in [0.1, 0.15) is 11.6 Å². The van der Waals surface area contributed by atoms with Crippen LogP contribution in [0.5, 0.6) is 0 Å². The van der Waals surface area contributed by atoms with Crippen molar-refractivity contribution in [2.24, 2.45) is 5.41 Å². The number of carbonyl (C=O) groups excluding carboxylic acids is 2. The molecule has 5 rings (SSSR count). The molecule has 1 aliphatic heterocycles. The quantitative estimate of drug-likeness (QED) is 0.317. The van der Waals surface area contributed by atoms with E-state index in [-0.39, 0.29) is 61.3 Å². The molecule has 3 aromatic rings. The molecule has 6 nitrogen and oxygen atoms in total. The number of hydrogen-bond acceptors (Lipinski definition) is 6. The van der Waals surface area contributed by atoms with Crippen molar-refractivity contribution < 1.29 is 36.4 Å². The Balaban J connectivity index is 0.00000336. The number of alkyl halides is 3. The van der Waals surface area contributed by atoms with Gasteiger partial charge in [-0.25, -0.2) is 4.39 Å². The third kappa shape index (κ3) is 5.23. The number of ketones is 2. The molecule has 1 saturated heterocycles. The summed E-state index contributed by atoms with van der Waals surface area (Å²) in [6.45, 7) is 1.22. The fourth-order valence-corrected chi connectivity index (χ4v) is 5.28. The first-order chi connectivity index (χ1) is 17.5. The average molecular weight is 571 g/mol. The molecule has 0 bridgehead atoms. The zero-order valence-electron chi connectivity index (χ0n) is 20.1. The van der Waals surface area contributed by atoms with Crippen LogP contribution in [0.3, 0.4) is 0 Å². The Morgan fingerprint density at radius 1 is 1.18 bits per heavy atom. The molecule has 1 aliphatic carbocycles. The molecule has 2 aromatic carbocycles. The van der Waals surface area contributed by atoms with Gasteiger partial charge in [-0.15, -0.1) is 0 Å². The van der Waals surface area contributed by atoms with E-state index >= 15 is 0 Å². The second-order valence-corrected chi connectivity index (χ2v) is 10.0. The van der Waals surface area contributed by atoms with Crippen LogP contribution in [0.2, 0.25) is 5.02 Å². The Kier molecular flexibility index (Phi) is 7.75. The monoisotopic (exact) mass is 570 g/mol. The van der Waals surface area contributed by atoms with Crippen LogP contribution in [-0.2, 0) is 20.7 Å². The normalized spacial score (nSPS) is 17.9. The molecule has 0 radical (unpaired) electrons. The molecule has 0 unspecified atom stereocenters. The molecule has 2 aliphatic rings. The number of ether oxygens (including phenoxy) is 1. The van der Waals surface area contributed by atoms with E-state index in [1.54, 1.807) is 19.1 Å². The topological polar surface area (TPSA) is 82.3 Å². The number of Topliss-reactive ketones (excluding diaryl/α,β-unsaturated/α-hetero) is 2. The number of aryl methyl sites for hydroxylation is 2. The fourth-order valence-electron chi connectivity index (χ4n) is 5.07. The number of nitrogens with zero attached hydrogens (tertiary/aromatic N) is 2. The molecular formula is C26H23ClF4N2O4S. The van der Waals surface area contributed by atoms with E-state index in [4.69, 9.17) is 20.9 Å². The summed E-state index contributed by atoms with van der Waals surface area (Å²) in [5.74, 6) is -2.75. The van der Waals surface area contributed by atoms with E-state index in [0.29, 0.717) is 24.0 Å². The lowest BCUT2D eigenvalue weighted by atomic mass is 9.73. The minimum absolute atomic E-state index is 0. The van der Waals surface area contributed by atoms with Crippen molar-refractivity contribution in [1.82, 2.24) is 10.1 Å². The second kappa shape index (κ2) is 10.4. The first kappa shape index (κ1) is 28.3. The van der Waals surface area contributed by atoms with Gasteiger partial charge in [0.25, 0.3) is 0 Å². The standard InChI is InChI=1S/C26H21ClF4N2O4.H2S/c1-13-32-24(33-37-13)23-19(8-17(27)9-20(23)28)15-4-5-18-14(6-15)2-3-16(18)7-21(34)25(11-36-12-25)10-22(35)26(29,30)31;/h4-6,8-9,16H,2-3,7,10-12H2,1H3;1H2/t16-;/m1./s1. The highest BCUT2D eigenvalue weighted by molar-refractivity contribution is 7.59. The summed E-state index contributed by atoms with van der Waals surface area (Å²) in [4.78, 5) is 28.8. The predicted octanol–water partition coefficient (Wildman–Crippen LogP) is 6.14. The third-order valence-electron chi connectivity index (χ3n) is 7.06. The highest BCUT2D eigenvalue weighted by Gasteiger charge is 2.52. The Morgan fingerprint density at radius 2 is 1.92 bits per heavy atom. The number of halogens is 5. The van der Waals surface area contributed by atoms with E-state index in [1.807, 2.05) is 12.1 Å². The molecule has 38 heavy (non-hydrogen) atoms. The van der Waals surface area contributed by atoms with Gasteiger partial charge in [-0.05, 0) is 53.1 Å². The molecule has 1 fully saturated rings. The summed E-state index contributed by atoms with van der Waals surface area (Å²) in [6, 6.07) is 8.28. The zero-order valence-corrected chi connectivity index (χ0v) is 21.9. The number of carbonyl (C=O) groups is 2. The van der Waals surface area contributed by atoms with Crippen molar-refractivity contribution in [2.45, 2.75) is 44.7 Å². The van der Waals surface area contributed by atoms with Gasteiger partial charge in [0.05, 0.1) is 24.2 Å². The zero-order chi connectivity index (χ0) is 26.5. The summed E-state index contributed by atoms with van der Waals surface area (Å²) in [5.41, 5.74) is 1.71. The lowest BCUT2D eigenvalue weighted by Gasteiger charge is -2.40. The number of benzene rings is 2. The fraction of sp³-hybridized carbons (Fsp3) is 0.385. The van der Waals surface area contributed by atoms with E-state index in [0.717, 1.165) is 11.1 Å². The molecule has 2 heterocycles. The third-order valence-corrected chi connectivity index (χ3v) is 7.28. The van der Waals surface area contributed by atoms with Gasteiger partial charge >= 0.3 is 6.18 Å². The van der Waals surface area contributed by atoms with Crippen LogP contribution < -0.4 is 0 Å². The van der Waals surface area contributed by atoms with Crippen LogP contribution in [0.25, 0.3) is 22.5 Å². The molecule has 1 aromatic heterocycles. The largest absolute Gasteiger partial charge is 0.450 e. The van der Waals surface area contributed by atoms with Crippen LogP contribution in [0.1, 0.15) is 42.2 Å². The van der Waals surface area contributed by atoms with Crippen molar-refractivity contribution in [3.63, 3.8) is 0 Å². The first-order valence-electron chi connectivity index (χ1n) is 11.6. The number of hydrogen-bond donors (Lipinski definition) is 0. The van der Waals surface area contributed by atoms with Gasteiger partial charge in [-0.3, -0.25) is 9.59 Å². The molecular weight excluding hydrogens is 548 g/mol. The molecule has 0 spiro atoms. The second-order valence-electron chi connectivity index (χ2n) is 9.59. The van der Waals surface area contributed by atoms with Crippen LogP contribution in [0, 0.1) is 18.2 Å². The molecule has 1 atom stereocenters. The minimum Gasteiger partial charge on any atom is -0.379 e. The molecule has 0 amide bonds. The molecule has 202 valence electrons. The van der Waals surface area contributed by atoms with Crippen LogP contribution in [-0.4, -0.2) is 41.1 Å². The summed E-state index contributed by atoms with van der Waals surface area (Å²) >= 11 is 6.14. The Hall–Kier alpha value is -2.76. The van der Waals surface area contributed by atoms with Gasteiger partial charge in [-0.2, -0.15) is 31.7 Å². The highest BCUT2D eigenvalue weighted by Crippen LogP contribution is 2.44. The maximum atomic E-state index is 14.9. The van der Waals surface area contributed by atoms with E-state index in [9.17, 15) is 27.2 Å². The van der Waals surface area contributed by atoms with E-state index in [2.05, 4.69) is 10.1 Å². The molecule has 0 N–H and O–H groups in total. The molecule has 12 heteroatoms. The summed E-state index contributed by atoms with van der Waals surface area (Å²) < 4.78 is 63.5. The number of fused-ring (bicyclic) bond motifs is 1. The van der Waals surface area contributed by atoms with Crippen LogP contribution >= 0.6 is 25.1 Å². The smallest absolute Gasteiger partial charge is 0.379 e. The summed E-state index contributed by atoms with van der Waals surface area (Å²) in [6.07, 6.45) is -4.62. The van der Waals surface area contributed by atoms with Gasteiger partial charge in [0.2, 0.25) is 17.5 Å². The van der Waals surface area contributed by atoms with Gasteiger partial charge in [-0.1, -0.05) is 35.0 Å². The lowest BCUT2D eigenvalue weighted by Crippen LogP contribution is -2.52. The van der Waals surface area contributed by atoms with Gasteiger partial charge < -0.3 is 9.26 Å². The average Bonchev–Trinajstić information content (AvgIpc) is 3.40. The van der Waals surface area contributed by atoms with Gasteiger partial charge in [0.15, 0.2) is 0 Å². The Labute approximate surface area is 227 Å². The van der Waals surface area contributed by atoms with Crippen LogP contribution in [0.4, 0.5) is 17.6 Å². The van der Waals surface area contributed by atoms with Gasteiger partial charge in [0, 0.05) is 24.8 Å². The van der Waals surface area contributed by atoms with Crippen molar-refractivity contribution in [3.05, 3.63) is 58.2 Å². The lowest BCUT2D eigenvalue weighted by molar-refractivity contribution is -0.186. The maximum absolute atomic E-state index is 14.9. The Morgan fingerprint density at radius 3 is 2.53 bits per heavy atom. The molecule has 0 saturated carbocycles. The first-order valence-corrected chi connectivity index (χ1v) is 12.0. The summed E-state index contributed by atoms with van der Waals surface area (Å²) in [5, 5.41) is 4.04. The highest BCUT2D eigenvalue weighted by atomic mass is 35.5. The van der Waals surface area contributed by atoms with Crippen molar-refractivity contribution in [2.75, 3.05) is 13.2 Å². The van der Waals surface area contributed by atoms with Crippen molar-refractivity contribution in [1.29, 1.82) is 0 Å². The summed E-state index contributed by atoms with van der Waals surface area (Å²) in [7, 11) is 0. The van der Waals surface area contributed by atoms with Crippen molar-refractivity contribution >= 4 is 36.7 Å². The Bertz CT molecular complexity index is 1400. The number of rotatable bonds is 7. The van der Waals surface area contributed by atoms with Crippen LogP contribution in [0.15, 0.2) is 34.9 Å². The SMILES string of the molecule is Cc1nc(-c2c(F)cc(Cl)cc2-c2ccc3c(c2)CC[C@@H]3CC(=O)C2(CC(=O)C(F)(F)F)COC2)no1.S. The van der Waals surface area contributed by atoms with Crippen molar-refractivity contribution in [3.8, 4) is 22.5 Å². The number of aromatic nitrogens is 2. The van der Waals surface area contributed by atoms with E-state index < -0.39 is 35.4 Å². The maximum Gasteiger partial charge on any atom is 0.450 e. The predicted molar refractivity (Wildman–Crippen MR) is 135 cm³/mol. The van der Waals surface area contributed by atoms with E-state index in [1.165, 1.54) is 6.07 Å².